The van der Waals surface area contributed by atoms with Crippen LogP contribution in [0.2, 0.25) is 0 Å². The number of hydrogen-bond donors (Lipinski definition) is 1. The molecule has 1 atom stereocenters. The van der Waals surface area contributed by atoms with E-state index in [0.717, 1.165) is 12.1 Å². The van der Waals surface area contributed by atoms with E-state index in [4.69, 9.17) is 0 Å². The first-order valence-corrected chi connectivity index (χ1v) is 8.82. The SMILES string of the molecule is O=C(O)C1CCCN(c2ncnc3c(F)ccc(-c4ccc(F)c(F)c4)c23)C1. The molecule has 0 radical (unpaired) electrons. The molecule has 4 rings (SSSR count). The van der Waals surface area contributed by atoms with Crippen LogP contribution in [0.5, 0.6) is 0 Å². The molecule has 1 aromatic heterocycles. The highest BCUT2D eigenvalue weighted by molar-refractivity contribution is 6.02. The van der Waals surface area contributed by atoms with Gasteiger partial charge in [-0.2, -0.15) is 0 Å². The van der Waals surface area contributed by atoms with E-state index in [9.17, 15) is 23.1 Å². The zero-order valence-corrected chi connectivity index (χ0v) is 14.7. The van der Waals surface area contributed by atoms with E-state index < -0.39 is 29.3 Å². The van der Waals surface area contributed by atoms with Crippen molar-refractivity contribution >= 4 is 22.7 Å². The molecule has 1 aliphatic heterocycles. The highest BCUT2D eigenvalue weighted by atomic mass is 19.2. The fourth-order valence-corrected chi connectivity index (χ4v) is 3.64. The summed E-state index contributed by atoms with van der Waals surface area (Å²) in [6.07, 6.45) is 2.43. The molecule has 28 heavy (non-hydrogen) atoms. The van der Waals surface area contributed by atoms with Crippen molar-refractivity contribution in [2.24, 2.45) is 5.92 Å². The lowest BCUT2D eigenvalue weighted by Gasteiger charge is -2.32. The number of piperidine rings is 1. The van der Waals surface area contributed by atoms with Gasteiger partial charge in [0.2, 0.25) is 0 Å². The van der Waals surface area contributed by atoms with Gasteiger partial charge in [-0.1, -0.05) is 12.1 Å². The molecule has 2 heterocycles. The van der Waals surface area contributed by atoms with Crippen molar-refractivity contribution in [2.75, 3.05) is 18.0 Å². The molecule has 144 valence electrons. The molecule has 5 nitrogen and oxygen atoms in total. The van der Waals surface area contributed by atoms with Crippen molar-refractivity contribution in [1.82, 2.24) is 9.97 Å². The van der Waals surface area contributed by atoms with Gasteiger partial charge in [0, 0.05) is 13.1 Å². The van der Waals surface area contributed by atoms with Gasteiger partial charge in [0.25, 0.3) is 0 Å². The first kappa shape index (κ1) is 18.2. The second-order valence-electron chi connectivity index (χ2n) is 6.77. The van der Waals surface area contributed by atoms with E-state index >= 15 is 0 Å². The van der Waals surface area contributed by atoms with Crippen LogP contribution in [0.25, 0.3) is 22.0 Å². The summed E-state index contributed by atoms with van der Waals surface area (Å²) in [4.78, 5) is 21.5. The van der Waals surface area contributed by atoms with Gasteiger partial charge < -0.3 is 10.0 Å². The second-order valence-corrected chi connectivity index (χ2v) is 6.77. The number of nitrogens with zero attached hydrogens (tertiary/aromatic N) is 3. The Bertz CT molecular complexity index is 1070. The van der Waals surface area contributed by atoms with Gasteiger partial charge in [0.1, 0.15) is 23.5 Å². The van der Waals surface area contributed by atoms with Crippen LogP contribution in [-0.2, 0) is 4.79 Å². The predicted molar refractivity (Wildman–Crippen MR) is 97.4 cm³/mol. The fraction of sp³-hybridized carbons (Fsp3) is 0.250. The van der Waals surface area contributed by atoms with Gasteiger partial charge in [0.05, 0.1) is 11.3 Å². The number of halogens is 3. The van der Waals surface area contributed by atoms with Crippen LogP contribution in [0.15, 0.2) is 36.7 Å². The summed E-state index contributed by atoms with van der Waals surface area (Å²) in [6, 6.07) is 6.12. The normalized spacial score (nSPS) is 17.1. The Morgan fingerprint density at radius 1 is 1.07 bits per heavy atom. The summed E-state index contributed by atoms with van der Waals surface area (Å²) >= 11 is 0. The summed E-state index contributed by atoms with van der Waals surface area (Å²) in [5.41, 5.74) is 0.847. The highest BCUT2D eigenvalue weighted by Crippen LogP contribution is 2.36. The van der Waals surface area contributed by atoms with E-state index in [-0.39, 0.29) is 12.1 Å². The minimum absolute atomic E-state index is 0.0460. The quantitative estimate of drug-likeness (QED) is 0.736. The van der Waals surface area contributed by atoms with Crippen LogP contribution in [0.4, 0.5) is 19.0 Å². The zero-order chi connectivity index (χ0) is 19.8. The lowest BCUT2D eigenvalue weighted by molar-refractivity contribution is -0.141. The summed E-state index contributed by atoms with van der Waals surface area (Å²) in [5.74, 6) is -3.63. The molecule has 1 saturated heterocycles. The molecule has 1 unspecified atom stereocenters. The van der Waals surface area contributed by atoms with Crippen molar-refractivity contribution in [2.45, 2.75) is 12.8 Å². The number of aromatic nitrogens is 2. The topological polar surface area (TPSA) is 66.3 Å². The highest BCUT2D eigenvalue weighted by Gasteiger charge is 2.28. The maximum Gasteiger partial charge on any atom is 0.308 e. The zero-order valence-electron chi connectivity index (χ0n) is 14.7. The van der Waals surface area contributed by atoms with Crippen molar-refractivity contribution in [3.63, 3.8) is 0 Å². The van der Waals surface area contributed by atoms with Crippen molar-refractivity contribution in [3.05, 3.63) is 54.1 Å². The third-order valence-electron chi connectivity index (χ3n) is 5.02. The molecular weight excluding hydrogens is 371 g/mol. The average Bonchev–Trinajstić information content (AvgIpc) is 2.70. The number of benzene rings is 2. The largest absolute Gasteiger partial charge is 0.481 e. The summed E-state index contributed by atoms with van der Waals surface area (Å²) in [6.45, 7) is 0.790. The minimum atomic E-state index is -1.02. The molecule has 2 aromatic carbocycles. The maximum absolute atomic E-state index is 14.4. The summed E-state index contributed by atoms with van der Waals surface area (Å²) in [5, 5.41) is 9.70. The first-order valence-electron chi connectivity index (χ1n) is 8.82. The van der Waals surface area contributed by atoms with Gasteiger partial charge in [-0.25, -0.2) is 23.1 Å². The molecule has 0 spiro atoms. The van der Waals surface area contributed by atoms with Crippen LogP contribution in [-0.4, -0.2) is 34.1 Å². The number of hydrogen-bond acceptors (Lipinski definition) is 4. The molecule has 1 N–H and O–H groups in total. The molecule has 1 fully saturated rings. The number of carbonyl (C=O) groups is 1. The number of carboxylic acids is 1. The molecule has 3 aromatic rings. The summed E-state index contributed by atoms with van der Waals surface area (Å²) in [7, 11) is 0. The van der Waals surface area contributed by atoms with Crippen LogP contribution >= 0.6 is 0 Å². The Balaban J connectivity index is 1.91. The Labute approximate surface area is 158 Å². The fourth-order valence-electron chi connectivity index (χ4n) is 3.64. The van der Waals surface area contributed by atoms with Gasteiger partial charge in [-0.3, -0.25) is 4.79 Å². The standard InChI is InChI=1S/C20H16F3N3O2/c21-14-5-3-11(8-16(14)23)13-4-6-15(22)18-17(13)19(25-10-24-18)26-7-1-2-12(9-26)20(27)28/h3-6,8,10,12H,1-2,7,9H2,(H,27,28). The number of aliphatic carboxylic acids is 1. The molecule has 1 aliphatic rings. The molecular formula is C20H16F3N3O2. The lowest BCUT2D eigenvalue weighted by atomic mass is 9.96. The minimum Gasteiger partial charge on any atom is -0.481 e. The van der Waals surface area contributed by atoms with E-state index in [1.165, 1.54) is 24.5 Å². The van der Waals surface area contributed by atoms with Crippen LogP contribution in [0.3, 0.4) is 0 Å². The molecule has 0 aliphatic carbocycles. The molecule has 0 saturated carbocycles. The number of fused-ring (bicyclic) bond motifs is 1. The van der Waals surface area contributed by atoms with E-state index in [2.05, 4.69) is 9.97 Å². The van der Waals surface area contributed by atoms with Gasteiger partial charge in [-0.15, -0.1) is 0 Å². The van der Waals surface area contributed by atoms with Crippen molar-refractivity contribution in [3.8, 4) is 11.1 Å². The number of anilines is 1. The van der Waals surface area contributed by atoms with Gasteiger partial charge >= 0.3 is 5.97 Å². The summed E-state index contributed by atoms with van der Waals surface area (Å²) < 4.78 is 41.6. The van der Waals surface area contributed by atoms with E-state index in [1.807, 2.05) is 0 Å². The average molecular weight is 387 g/mol. The first-order chi connectivity index (χ1) is 13.5. The van der Waals surface area contributed by atoms with Gasteiger partial charge in [0.15, 0.2) is 11.6 Å². The van der Waals surface area contributed by atoms with E-state index in [0.29, 0.717) is 41.7 Å². The lowest BCUT2D eigenvalue weighted by Crippen LogP contribution is -2.39. The Morgan fingerprint density at radius 2 is 1.86 bits per heavy atom. The second kappa shape index (κ2) is 7.10. The Morgan fingerprint density at radius 3 is 2.61 bits per heavy atom. The third kappa shape index (κ3) is 3.15. The Hall–Kier alpha value is -3.16. The van der Waals surface area contributed by atoms with Crippen molar-refractivity contribution in [1.29, 1.82) is 0 Å². The van der Waals surface area contributed by atoms with Gasteiger partial charge in [-0.05, 0) is 42.2 Å². The van der Waals surface area contributed by atoms with Crippen LogP contribution < -0.4 is 4.90 Å². The molecule has 0 bridgehead atoms. The number of rotatable bonds is 3. The Kier molecular flexibility index (Phi) is 4.62. The van der Waals surface area contributed by atoms with Crippen LogP contribution in [0.1, 0.15) is 12.8 Å². The maximum atomic E-state index is 14.4. The van der Waals surface area contributed by atoms with Crippen molar-refractivity contribution < 1.29 is 23.1 Å². The smallest absolute Gasteiger partial charge is 0.308 e. The molecule has 0 amide bonds. The molecule has 8 heteroatoms. The van der Waals surface area contributed by atoms with Crippen LogP contribution in [0, 0.1) is 23.4 Å². The van der Waals surface area contributed by atoms with E-state index in [1.54, 1.807) is 4.90 Å². The predicted octanol–water partition coefficient (Wildman–Crippen LogP) is 4.02. The third-order valence-corrected chi connectivity index (χ3v) is 5.02. The number of carboxylic acid groups (broad SMARTS) is 1. The monoisotopic (exact) mass is 387 g/mol.